The van der Waals surface area contributed by atoms with Crippen molar-refractivity contribution in [3.63, 3.8) is 0 Å². The van der Waals surface area contributed by atoms with Crippen LogP contribution in [0.25, 0.3) is 0 Å². The summed E-state index contributed by atoms with van der Waals surface area (Å²) in [5.74, 6) is 0.400. The highest BCUT2D eigenvalue weighted by molar-refractivity contribution is 5.48. The zero-order chi connectivity index (χ0) is 12.4. The maximum atomic E-state index is 10.9. The van der Waals surface area contributed by atoms with Gasteiger partial charge < -0.3 is 9.64 Å². The summed E-state index contributed by atoms with van der Waals surface area (Å²) in [7, 11) is 3.92. The Kier molecular flexibility index (Phi) is 3.28. The molecular weight excluding hydrogens is 220 g/mol. The first-order valence-corrected chi connectivity index (χ1v) is 5.65. The second kappa shape index (κ2) is 4.71. The topological polar surface area (TPSA) is 55.6 Å². The van der Waals surface area contributed by atoms with E-state index in [0.717, 1.165) is 24.9 Å². The molecule has 0 aromatic heterocycles. The third-order valence-electron chi connectivity index (χ3n) is 2.54. The standard InChI is InChI=1S/C12H16N2O3/c1-13(2)8-9-3-6-11(14(15)16)12(7-9)17-10-4-5-10/h3,6-7,10H,4-5,8H2,1-2H3. The molecule has 0 atom stereocenters. The first-order valence-electron chi connectivity index (χ1n) is 5.65. The van der Waals surface area contributed by atoms with Gasteiger partial charge in [-0.25, -0.2) is 0 Å². The molecule has 0 spiro atoms. The first kappa shape index (κ1) is 11.9. The molecule has 1 fully saturated rings. The highest BCUT2D eigenvalue weighted by Gasteiger charge is 2.27. The second-order valence-corrected chi connectivity index (χ2v) is 4.61. The smallest absolute Gasteiger partial charge is 0.310 e. The lowest BCUT2D eigenvalue weighted by Gasteiger charge is -2.11. The normalized spacial score (nSPS) is 15.0. The van der Waals surface area contributed by atoms with Gasteiger partial charge in [0.05, 0.1) is 11.0 Å². The van der Waals surface area contributed by atoms with Gasteiger partial charge in [-0.3, -0.25) is 10.1 Å². The maximum Gasteiger partial charge on any atom is 0.310 e. The third kappa shape index (κ3) is 3.17. The Labute approximate surface area is 100 Å². The Bertz CT molecular complexity index is 428. The highest BCUT2D eigenvalue weighted by Crippen LogP contribution is 2.34. The molecule has 0 unspecified atom stereocenters. The number of nitrogens with zero attached hydrogens (tertiary/aromatic N) is 2. The molecule has 2 rings (SSSR count). The van der Waals surface area contributed by atoms with Crippen LogP contribution in [0.3, 0.4) is 0 Å². The Morgan fingerprint density at radius 2 is 2.18 bits per heavy atom. The molecule has 0 amide bonds. The molecule has 0 heterocycles. The first-order chi connectivity index (χ1) is 8.06. The van der Waals surface area contributed by atoms with E-state index >= 15 is 0 Å². The van der Waals surface area contributed by atoms with Crippen molar-refractivity contribution in [3.8, 4) is 5.75 Å². The van der Waals surface area contributed by atoms with Gasteiger partial charge in [-0.15, -0.1) is 0 Å². The van der Waals surface area contributed by atoms with E-state index in [0.29, 0.717) is 5.75 Å². The summed E-state index contributed by atoms with van der Waals surface area (Å²) in [5, 5.41) is 10.9. The summed E-state index contributed by atoms with van der Waals surface area (Å²) in [5.41, 5.74) is 1.08. The number of nitro groups is 1. The van der Waals surface area contributed by atoms with E-state index < -0.39 is 4.92 Å². The summed E-state index contributed by atoms with van der Waals surface area (Å²) in [4.78, 5) is 12.5. The summed E-state index contributed by atoms with van der Waals surface area (Å²) in [6, 6.07) is 5.07. The molecule has 1 saturated carbocycles. The highest BCUT2D eigenvalue weighted by atomic mass is 16.6. The van der Waals surface area contributed by atoms with Gasteiger partial charge in [-0.1, -0.05) is 6.07 Å². The van der Waals surface area contributed by atoms with Gasteiger partial charge in [0.25, 0.3) is 0 Å². The second-order valence-electron chi connectivity index (χ2n) is 4.61. The molecule has 17 heavy (non-hydrogen) atoms. The van der Waals surface area contributed by atoms with Crippen LogP contribution < -0.4 is 4.74 Å². The lowest BCUT2D eigenvalue weighted by molar-refractivity contribution is -0.386. The predicted molar refractivity (Wildman–Crippen MR) is 64.1 cm³/mol. The zero-order valence-corrected chi connectivity index (χ0v) is 10.0. The fourth-order valence-electron chi connectivity index (χ4n) is 1.63. The number of rotatable bonds is 5. The summed E-state index contributed by atoms with van der Waals surface area (Å²) >= 11 is 0. The largest absolute Gasteiger partial charge is 0.483 e. The molecule has 5 nitrogen and oxygen atoms in total. The van der Waals surface area contributed by atoms with Crippen molar-refractivity contribution in [2.45, 2.75) is 25.5 Å². The van der Waals surface area contributed by atoms with Crippen LogP contribution in [0.15, 0.2) is 18.2 Å². The van der Waals surface area contributed by atoms with Crippen molar-refractivity contribution in [1.29, 1.82) is 0 Å². The average molecular weight is 236 g/mol. The predicted octanol–water partition coefficient (Wildman–Crippen LogP) is 2.20. The molecule has 1 aliphatic rings. The van der Waals surface area contributed by atoms with Gasteiger partial charge in [0.2, 0.25) is 0 Å². The summed E-state index contributed by atoms with van der Waals surface area (Å²) in [6.07, 6.45) is 2.16. The number of benzene rings is 1. The van der Waals surface area contributed by atoms with Crippen LogP contribution in [0.5, 0.6) is 5.75 Å². The summed E-state index contributed by atoms with van der Waals surface area (Å²) in [6.45, 7) is 0.749. The molecule has 0 saturated heterocycles. The average Bonchev–Trinajstić information content (AvgIpc) is 3.00. The maximum absolute atomic E-state index is 10.9. The lowest BCUT2D eigenvalue weighted by Crippen LogP contribution is -2.11. The number of hydrogen-bond donors (Lipinski definition) is 0. The fraction of sp³-hybridized carbons (Fsp3) is 0.500. The van der Waals surface area contributed by atoms with Gasteiger partial charge >= 0.3 is 5.69 Å². The van der Waals surface area contributed by atoms with E-state index in [1.807, 2.05) is 19.0 Å². The number of nitro benzene ring substituents is 1. The molecular formula is C12H16N2O3. The minimum absolute atomic E-state index is 0.0550. The van der Waals surface area contributed by atoms with Gasteiger partial charge in [-0.2, -0.15) is 0 Å². The van der Waals surface area contributed by atoms with Crippen LogP contribution in [0, 0.1) is 10.1 Å². The number of hydrogen-bond acceptors (Lipinski definition) is 4. The minimum Gasteiger partial charge on any atom is -0.483 e. The molecule has 92 valence electrons. The summed E-state index contributed by atoms with van der Waals surface area (Å²) < 4.78 is 5.58. The molecule has 0 radical (unpaired) electrons. The van der Waals surface area contributed by atoms with Crippen LogP contribution in [0.2, 0.25) is 0 Å². The van der Waals surface area contributed by atoms with E-state index in [9.17, 15) is 10.1 Å². The van der Waals surface area contributed by atoms with Crippen molar-refractivity contribution in [2.75, 3.05) is 14.1 Å². The fourth-order valence-corrected chi connectivity index (χ4v) is 1.63. The molecule has 5 heteroatoms. The quantitative estimate of drug-likeness (QED) is 0.581. The molecule has 0 bridgehead atoms. The van der Waals surface area contributed by atoms with Crippen molar-refractivity contribution in [1.82, 2.24) is 4.90 Å². The van der Waals surface area contributed by atoms with Crippen molar-refractivity contribution >= 4 is 5.69 Å². The van der Waals surface area contributed by atoms with Gasteiger partial charge in [0, 0.05) is 12.6 Å². The Morgan fingerprint density at radius 1 is 1.47 bits per heavy atom. The van der Waals surface area contributed by atoms with Crippen LogP contribution in [0.4, 0.5) is 5.69 Å². The van der Waals surface area contributed by atoms with Crippen molar-refractivity contribution in [2.24, 2.45) is 0 Å². The molecule has 1 aliphatic carbocycles. The SMILES string of the molecule is CN(C)Cc1ccc([N+](=O)[O-])c(OC2CC2)c1. The molecule has 0 N–H and O–H groups in total. The van der Waals surface area contributed by atoms with Gasteiger partial charge in [0.1, 0.15) is 0 Å². The van der Waals surface area contributed by atoms with E-state index in [1.54, 1.807) is 12.1 Å². The van der Waals surface area contributed by atoms with Gasteiger partial charge in [-0.05, 0) is 38.6 Å². The molecule has 1 aromatic rings. The van der Waals surface area contributed by atoms with Crippen LogP contribution in [-0.2, 0) is 6.54 Å². The van der Waals surface area contributed by atoms with Crippen LogP contribution in [0.1, 0.15) is 18.4 Å². The minimum atomic E-state index is -0.392. The Balaban J connectivity index is 2.24. The van der Waals surface area contributed by atoms with Gasteiger partial charge in [0.15, 0.2) is 5.75 Å². The van der Waals surface area contributed by atoms with Crippen LogP contribution in [-0.4, -0.2) is 30.0 Å². The van der Waals surface area contributed by atoms with E-state index in [4.69, 9.17) is 4.74 Å². The number of ether oxygens (including phenoxy) is 1. The van der Waals surface area contributed by atoms with Crippen molar-refractivity contribution in [3.05, 3.63) is 33.9 Å². The Morgan fingerprint density at radius 3 is 2.71 bits per heavy atom. The van der Waals surface area contributed by atoms with E-state index in [2.05, 4.69) is 0 Å². The van der Waals surface area contributed by atoms with Crippen LogP contribution >= 0.6 is 0 Å². The Hall–Kier alpha value is -1.62. The molecule has 0 aliphatic heterocycles. The molecule has 1 aromatic carbocycles. The van der Waals surface area contributed by atoms with E-state index in [-0.39, 0.29) is 11.8 Å². The third-order valence-corrected chi connectivity index (χ3v) is 2.54. The van der Waals surface area contributed by atoms with Crippen molar-refractivity contribution < 1.29 is 9.66 Å². The van der Waals surface area contributed by atoms with E-state index in [1.165, 1.54) is 6.07 Å². The lowest BCUT2D eigenvalue weighted by atomic mass is 10.2. The zero-order valence-electron chi connectivity index (χ0n) is 10.0. The monoisotopic (exact) mass is 236 g/mol.